The molecule has 0 radical (unpaired) electrons. The van der Waals surface area contributed by atoms with Gasteiger partial charge < -0.3 is 10.7 Å². The molecule has 0 spiro atoms. The van der Waals surface area contributed by atoms with Crippen LogP contribution in [0.25, 0.3) is 11.5 Å². The standard InChI is InChI=1S/C13H16N4/c14-10-4-1-2-5-11-9(10)8-16-13(17-11)12-6-3-7-15-12/h3,6-8,10,15H,1-2,4-5,14H2. The largest absolute Gasteiger partial charge is 0.359 e. The molecule has 3 rings (SSSR count). The maximum atomic E-state index is 6.13. The summed E-state index contributed by atoms with van der Waals surface area (Å²) in [5.74, 6) is 0.767. The molecule has 0 amide bonds. The Hall–Kier alpha value is -1.68. The SMILES string of the molecule is NC1CCCCc2nc(-c3ccc[nH]3)ncc21. The fourth-order valence-corrected chi connectivity index (χ4v) is 2.35. The molecule has 2 aromatic rings. The van der Waals surface area contributed by atoms with E-state index in [0.29, 0.717) is 0 Å². The van der Waals surface area contributed by atoms with Crippen LogP contribution in [0.5, 0.6) is 0 Å². The van der Waals surface area contributed by atoms with Crippen molar-refractivity contribution in [3.8, 4) is 11.5 Å². The van der Waals surface area contributed by atoms with Gasteiger partial charge in [-0.05, 0) is 31.4 Å². The van der Waals surface area contributed by atoms with Crippen LogP contribution < -0.4 is 5.73 Å². The summed E-state index contributed by atoms with van der Waals surface area (Å²) in [4.78, 5) is 12.2. The van der Waals surface area contributed by atoms with Crippen LogP contribution in [0.3, 0.4) is 0 Å². The highest BCUT2D eigenvalue weighted by Crippen LogP contribution is 2.26. The second kappa shape index (κ2) is 4.30. The van der Waals surface area contributed by atoms with E-state index in [1.807, 2.05) is 24.5 Å². The molecule has 4 nitrogen and oxygen atoms in total. The molecule has 0 saturated carbocycles. The molecule has 0 aliphatic heterocycles. The van der Waals surface area contributed by atoms with Crippen molar-refractivity contribution in [2.24, 2.45) is 5.73 Å². The van der Waals surface area contributed by atoms with Crippen molar-refractivity contribution in [1.82, 2.24) is 15.0 Å². The highest BCUT2D eigenvalue weighted by Gasteiger charge is 2.17. The van der Waals surface area contributed by atoms with Gasteiger partial charge in [0.05, 0.1) is 5.69 Å². The van der Waals surface area contributed by atoms with Crippen molar-refractivity contribution in [3.05, 3.63) is 35.8 Å². The lowest BCUT2D eigenvalue weighted by Gasteiger charge is -2.11. The molecule has 0 aromatic carbocycles. The molecule has 88 valence electrons. The van der Waals surface area contributed by atoms with Crippen LogP contribution in [-0.4, -0.2) is 15.0 Å². The Bertz CT molecular complexity index is 504. The quantitative estimate of drug-likeness (QED) is 0.735. The third kappa shape index (κ3) is 1.96. The van der Waals surface area contributed by atoms with Crippen LogP contribution >= 0.6 is 0 Å². The first-order valence-electron chi connectivity index (χ1n) is 6.10. The number of nitrogens with two attached hydrogens (primary N) is 1. The number of nitrogens with zero attached hydrogens (tertiary/aromatic N) is 2. The Balaban J connectivity index is 2.03. The fraction of sp³-hybridized carbons (Fsp3) is 0.385. The Kier molecular flexibility index (Phi) is 2.65. The third-order valence-electron chi connectivity index (χ3n) is 3.32. The number of aromatic amines is 1. The van der Waals surface area contributed by atoms with E-state index in [4.69, 9.17) is 5.73 Å². The topological polar surface area (TPSA) is 67.6 Å². The van der Waals surface area contributed by atoms with Gasteiger partial charge in [0, 0.05) is 29.7 Å². The Morgan fingerprint density at radius 1 is 1.35 bits per heavy atom. The minimum Gasteiger partial charge on any atom is -0.359 e. The van der Waals surface area contributed by atoms with Gasteiger partial charge in [0.15, 0.2) is 5.82 Å². The minimum atomic E-state index is 0.102. The highest BCUT2D eigenvalue weighted by molar-refractivity contribution is 5.49. The lowest BCUT2D eigenvalue weighted by atomic mass is 10.1. The number of hydrogen-bond acceptors (Lipinski definition) is 3. The van der Waals surface area contributed by atoms with Crippen LogP contribution in [0.15, 0.2) is 24.5 Å². The second-order valence-corrected chi connectivity index (χ2v) is 4.53. The molecule has 1 unspecified atom stereocenters. The van der Waals surface area contributed by atoms with E-state index in [0.717, 1.165) is 35.6 Å². The van der Waals surface area contributed by atoms with Gasteiger partial charge in [0.1, 0.15) is 0 Å². The molecule has 3 N–H and O–H groups in total. The predicted molar refractivity (Wildman–Crippen MR) is 66.3 cm³/mol. The molecule has 1 atom stereocenters. The second-order valence-electron chi connectivity index (χ2n) is 4.53. The maximum Gasteiger partial charge on any atom is 0.176 e. The molecule has 0 fully saturated rings. The van der Waals surface area contributed by atoms with Crippen LogP contribution in [0.1, 0.15) is 36.6 Å². The maximum absolute atomic E-state index is 6.13. The summed E-state index contributed by atoms with van der Waals surface area (Å²) in [6.45, 7) is 0. The van der Waals surface area contributed by atoms with Gasteiger partial charge in [-0.2, -0.15) is 0 Å². The monoisotopic (exact) mass is 228 g/mol. The normalized spacial score (nSPS) is 19.7. The van der Waals surface area contributed by atoms with E-state index < -0.39 is 0 Å². The number of aryl methyl sites for hydroxylation is 1. The van der Waals surface area contributed by atoms with Crippen LogP contribution in [0, 0.1) is 0 Å². The zero-order valence-corrected chi connectivity index (χ0v) is 9.69. The van der Waals surface area contributed by atoms with Gasteiger partial charge in [-0.25, -0.2) is 9.97 Å². The van der Waals surface area contributed by atoms with Crippen molar-refractivity contribution in [1.29, 1.82) is 0 Å². The summed E-state index contributed by atoms with van der Waals surface area (Å²) >= 11 is 0. The molecule has 1 aliphatic carbocycles. The van der Waals surface area contributed by atoms with Gasteiger partial charge in [-0.15, -0.1) is 0 Å². The number of rotatable bonds is 1. The molecule has 4 heteroatoms. The molecular formula is C13H16N4. The zero-order chi connectivity index (χ0) is 11.7. The molecule has 0 bridgehead atoms. The summed E-state index contributed by atoms with van der Waals surface area (Å²) in [6.07, 6.45) is 8.18. The predicted octanol–water partition coefficient (Wildman–Crippen LogP) is 2.20. The van der Waals surface area contributed by atoms with E-state index in [-0.39, 0.29) is 6.04 Å². The van der Waals surface area contributed by atoms with Crippen molar-refractivity contribution < 1.29 is 0 Å². The lowest BCUT2D eigenvalue weighted by Crippen LogP contribution is -2.12. The summed E-state index contributed by atoms with van der Waals surface area (Å²) in [5, 5.41) is 0. The fourth-order valence-electron chi connectivity index (χ4n) is 2.35. The molecule has 1 aliphatic rings. The first kappa shape index (κ1) is 10.5. The average molecular weight is 228 g/mol. The van der Waals surface area contributed by atoms with Crippen molar-refractivity contribution in [3.63, 3.8) is 0 Å². The molecule has 17 heavy (non-hydrogen) atoms. The van der Waals surface area contributed by atoms with Crippen LogP contribution in [-0.2, 0) is 6.42 Å². The Labute approximate surface area is 100 Å². The number of aromatic nitrogens is 3. The molecule has 2 heterocycles. The Morgan fingerprint density at radius 2 is 2.29 bits per heavy atom. The minimum absolute atomic E-state index is 0.102. The molecule has 2 aromatic heterocycles. The summed E-state index contributed by atoms with van der Waals surface area (Å²) in [6, 6.07) is 4.04. The first-order chi connectivity index (χ1) is 8.34. The van der Waals surface area contributed by atoms with E-state index in [1.54, 1.807) is 0 Å². The van der Waals surface area contributed by atoms with Crippen LogP contribution in [0.2, 0.25) is 0 Å². The van der Waals surface area contributed by atoms with Crippen molar-refractivity contribution >= 4 is 0 Å². The van der Waals surface area contributed by atoms with E-state index in [1.165, 1.54) is 12.8 Å². The van der Waals surface area contributed by atoms with Gasteiger partial charge in [-0.1, -0.05) is 6.42 Å². The molecule has 0 saturated heterocycles. The van der Waals surface area contributed by atoms with E-state index in [9.17, 15) is 0 Å². The van der Waals surface area contributed by atoms with Crippen molar-refractivity contribution in [2.75, 3.05) is 0 Å². The van der Waals surface area contributed by atoms with E-state index in [2.05, 4.69) is 15.0 Å². The number of H-pyrrole nitrogens is 1. The zero-order valence-electron chi connectivity index (χ0n) is 9.69. The smallest absolute Gasteiger partial charge is 0.176 e. The first-order valence-corrected chi connectivity index (χ1v) is 6.10. The van der Waals surface area contributed by atoms with Crippen molar-refractivity contribution in [2.45, 2.75) is 31.7 Å². The van der Waals surface area contributed by atoms with Gasteiger partial charge in [0.25, 0.3) is 0 Å². The average Bonchev–Trinajstić information content (AvgIpc) is 2.82. The molecular weight excluding hydrogens is 212 g/mol. The van der Waals surface area contributed by atoms with Gasteiger partial charge in [-0.3, -0.25) is 0 Å². The highest BCUT2D eigenvalue weighted by atomic mass is 14.9. The number of fused-ring (bicyclic) bond motifs is 1. The summed E-state index contributed by atoms with van der Waals surface area (Å²) < 4.78 is 0. The number of hydrogen-bond donors (Lipinski definition) is 2. The summed E-state index contributed by atoms with van der Waals surface area (Å²) in [5.41, 5.74) is 9.33. The van der Waals surface area contributed by atoms with Crippen LogP contribution in [0.4, 0.5) is 0 Å². The van der Waals surface area contributed by atoms with Gasteiger partial charge in [0.2, 0.25) is 0 Å². The lowest BCUT2D eigenvalue weighted by molar-refractivity contribution is 0.614. The third-order valence-corrected chi connectivity index (χ3v) is 3.32. The number of nitrogens with one attached hydrogen (secondary N) is 1. The van der Waals surface area contributed by atoms with Gasteiger partial charge >= 0.3 is 0 Å². The summed E-state index contributed by atoms with van der Waals surface area (Å²) in [7, 11) is 0. The Morgan fingerprint density at radius 3 is 3.12 bits per heavy atom. The van der Waals surface area contributed by atoms with E-state index >= 15 is 0 Å².